The molecule has 0 radical (unpaired) electrons. The number of rotatable bonds is 2. The van der Waals surface area contributed by atoms with Crippen LogP contribution in [0.3, 0.4) is 0 Å². The van der Waals surface area contributed by atoms with E-state index in [2.05, 4.69) is 4.99 Å². The first-order valence-corrected chi connectivity index (χ1v) is 4.39. The van der Waals surface area contributed by atoms with E-state index in [1.165, 1.54) is 6.08 Å². The predicted molar refractivity (Wildman–Crippen MR) is 45.7 cm³/mol. The van der Waals surface area contributed by atoms with Crippen LogP contribution in [-0.4, -0.2) is 23.9 Å². The Bertz CT molecular complexity index is 210. The minimum absolute atomic E-state index is 0.304. The highest BCUT2D eigenvalue weighted by Crippen LogP contribution is 2.14. The molecular formula is C7H9NO2S. The fourth-order valence-electron chi connectivity index (χ4n) is 0.664. The number of nitrogens with zero attached hydrogens (tertiary/aromatic N) is 1. The van der Waals surface area contributed by atoms with Crippen molar-refractivity contribution in [3.05, 3.63) is 11.8 Å². The Balaban J connectivity index is 2.44. The molecule has 0 amide bonds. The smallest absolute Gasteiger partial charge is 0.332 e. The lowest BCUT2D eigenvalue weighted by molar-refractivity contribution is -0.137. The number of carbonyl (C=O) groups excluding carboxylic acids is 1. The van der Waals surface area contributed by atoms with Gasteiger partial charge in [-0.25, -0.2) is 4.79 Å². The van der Waals surface area contributed by atoms with Crippen LogP contribution in [0.25, 0.3) is 0 Å². The van der Waals surface area contributed by atoms with E-state index in [4.69, 9.17) is 4.74 Å². The van der Waals surface area contributed by atoms with Crippen LogP contribution in [0.1, 0.15) is 6.92 Å². The van der Waals surface area contributed by atoms with Gasteiger partial charge >= 0.3 is 5.97 Å². The molecule has 0 unspecified atom stereocenters. The zero-order valence-electron chi connectivity index (χ0n) is 6.24. The molecule has 0 spiro atoms. The number of carbonyl (C=O) groups is 1. The van der Waals surface area contributed by atoms with Crippen LogP contribution >= 0.6 is 11.8 Å². The van der Waals surface area contributed by atoms with Gasteiger partial charge in [-0.05, 0) is 6.92 Å². The van der Waals surface area contributed by atoms with E-state index in [1.807, 2.05) is 0 Å². The fraction of sp³-hybridized carbons (Fsp3) is 0.429. The highest BCUT2D eigenvalue weighted by Gasteiger charge is 2.04. The van der Waals surface area contributed by atoms with Crippen molar-refractivity contribution >= 4 is 23.3 Å². The first-order chi connectivity index (χ1) is 5.33. The lowest BCUT2D eigenvalue weighted by Gasteiger charge is -1.95. The summed E-state index contributed by atoms with van der Waals surface area (Å²) < 4.78 is 4.71. The molecule has 0 atom stereocenters. The zero-order chi connectivity index (χ0) is 8.10. The van der Waals surface area contributed by atoms with Crippen molar-refractivity contribution in [2.24, 2.45) is 4.99 Å². The molecule has 0 aliphatic carbocycles. The number of hydrogen-bond donors (Lipinski definition) is 0. The summed E-state index contributed by atoms with van der Waals surface area (Å²) in [5, 5.41) is 0. The molecule has 0 saturated heterocycles. The largest absolute Gasteiger partial charge is 0.463 e. The Labute approximate surface area is 69.5 Å². The minimum atomic E-state index is -0.304. The van der Waals surface area contributed by atoms with Crippen molar-refractivity contribution in [2.45, 2.75) is 6.92 Å². The lowest BCUT2D eigenvalue weighted by atomic mass is 10.4. The predicted octanol–water partition coefficient (Wildman–Crippen LogP) is 1.21. The minimum Gasteiger partial charge on any atom is -0.463 e. The van der Waals surface area contributed by atoms with E-state index in [1.54, 1.807) is 24.2 Å². The maximum Gasteiger partial charge on any atom is 0.332 e. The van der Waals surface area contributed by atoms with Gasteiger partial charge < -0.3 is 4.74 Å². The van der Waals surface area contributed by atoms with Crippen molar-refractivity contribution in [1.29, 1.82) is 0 Å². The van der Waals surface area contributed by atoms with E-state index in [-0.39, 0.29) is 5.97 Å². The van der Waals surface area contributed by atoms with Gasteiger partial charge in [-0.1, -0.05) is 0 Å². The van der Waals surface area contributed by atoms with E-state index in [9.17, 15) is 4.79 Å². The maximum absolute atomic E-state index is 10.8. The van der Waals surface area contributed by atoms with Crippen LogP contribution in [0.5, 0.6) is 0 Å². The summed E-state index contributed by atoms with van der Waals surface area (Å²) >= 11 is 1.57. The summed E-state index contributed by atoms with van der Waals surface area (Å²) in [6.45, 7) is 2.20. The molecule has 0 fully saturated rings. The van der Waals surface area contributed by atoms with E-state index < -0.39 is 0 Å². The number of thioether (sulfide) groups is 1. The van der Waals surface area contributed by atoms with Crippen molar-refractivity contribution in [3.63, 3.8) is 0 Å². The van der Waals surface area contributed by atoms with Gasteiger partial charge in [0.05, 0.1) is 17.9 Å². The second-order valence-electron chi connectivity index (χ2n) is 1.93. The van der Waals surface area contributed by atoms with Crippen molar-refractivity contribution in [1.82, 2.24) is 0 Å². The maximum atomic E-state index is 10.8. The highest BCUT2D eigenvalue weighted by atomic mass is 32.2. The summed E-state index contributed by atoms with van der Waals surface area (Å²) in [7, 11) is 0. The third kappa shape index (κ3) is 2.76. The molecule has 1 heterocycles. The zero-order valence-corrected chi connectivity index (χ0v) is 7.06. The average molecular weight is 171 g/mol. The van der Waals surface area contributed by atoms with Gasteiger partial charge in [0.15, 0.2) is 0 Å². The number of esters is 1. The van der Waals surface area contributed by atoms with Crippen molar-refractivity contribution in [3.8, 4) is 0 Å². The SMILES string of the molecule is CCOC(=O)C=C1CSC=N1. The normalized spacial score (nSPS) is 19.2. The fourth-order valence-corrected chi connectivity index (χ4v) is 1.28. The lowest BCUT2D eigenvalue weighted by Crippen LogP contribution is -2.00. The highest BCUT2D eigenvalue weighted by molar-refractivity contribution is 8.12. The topological polar surface area (TPSA) is 38.7 Å². The van der Waals surface area contributed by atoms with E-state index >= 15 is 0 Å². The summed E-state index contributed by atoms with van der Waals surface area (Å²) in [5.41, 5.74) is 2.51. The second-order valence-corrected chi connectivity index (χ2v) is 2.77. The summed E-state index contributed by atoms with van der Waals surface area (Å²) in [4.78, 5) is 14.8. The molecule has 60 valence electrons. The third-order valence-electron chi connectivity index (χ3n) is 1.10. The van der Waals surface area contributed by atoms with Crippen LogP contribution in [0.4, 0.5) is 0 Å². The molecule has 1 rings (SSSR count). The van der Waals surface area contributed by atoms with Gasteiger partial charge in [0.2, 0.25) is 0 Å². The van der Waals surface area contributed by atoms with E-state index in [0.29, 0.717) is 6.61 Å². The summed E-state index contributed by atoms with van der Waals surface area (Å²) in [6, 6.07) is 0. The van der Waals surface area contributed by atoms with Gasteiger partial charge in [-0.2, -0.15) is 0 Å². The van der Waals surface area contributed by atoms with E-state index in [0.717, 1.165) is 11.4 Å². The van der Waals surface area contributed by atoms with Gasteiger partial charge in [-0.3, -0.25) is 4.99 Å². The van der Waals surface area contributed by atoms with Gasteiger partial charge in [0.1, 0.15) is 0 Å². The molecule has 3 nitrogen and oxygen atoms in total. The molecule has 0 aromatic rings. The number of aliphatic imine (C=N–C) groups is 1. The van der Waals surface area contributed by atoms with Crippen LogP contribution < -0.4 is 0 Å². The summed E-state index contributed by atoms with van der Waals surface area (Å²) in [6.07, 6.45) is 1.43. The second kappa shape index (κ2) is 4.18. The Kier molecular flexibility index (Phi) is 3.16. The van der Waals surface area contributed by atoms with Crippen LogP contribution in [0.2, 0.25) is 0 Å². The van der Waals surface area contributed by atoms with Gasteiger partial charge in [-0.15, -0.1) is 11.8 Å². The van der Waals surface area contributed by atoms with Gasteiger partial charge in [0.25, 0.3) is 0 Å². The molecule has 0 N–H and O–H groups in total. The number of hydrogen-bond acceptors (Lipinski definition) is 4. The molecule has 1 aliphatic rings. The van der Waals surface area contributed by atoms with Crippen molar-refractivity contribution in [2.75, 3.05) is 12.4 Å². The molecule has 0 aromatic carbocycles. The third-order valence-corrected chi connectivity index (χ3v) is 1.81. The first kappa shape index (κ1) is 8.33. The average Bonchev–Trinajstić information content (AvgIpc) is 2.40. The molecular weight excluding hydrogens is 162 g/mol. The summed E-state index contributed by atoms with van der Waals surface area (Å²) in [5.74, 6) is 0.473. The Morgan fingerprint density at radius 1 is 2.00 bits per heavy atom. The molecule has 0 bridgehead atoms. The Hall–Kier alpha value is -0.770. The number of ether oxygens (including phenoxy) is 1. The first-order valence-electron chi connectivity index (χ1n) is 3.34. The Morgan fingerprint density at radius 2 is 2.82 bits per heavy atom. The van der Waals surface area contributed by atoms with Crippen LogP contribution in [0.15, 0.2) is 16.8 Å². The van der Waals surface area contributed by atoms with Crippen LogP contribution in [-0.2, 0) is 9.53 Å². The standard InChI is InChI=1S/C7H9NO2S/c1-2-10-7(9)3-6-4-11-5-8-6/h3,5H,2,4H2,1H3. The molecule has 1 aliphatic heterocycles. The molecule has 4 heteroatoms. The monoisotopic (exact) mass is 171 g/mol. The molecule has 0 aromatic heterocycles. The van der Waals surface area contributed by atoms with Crippen molar-refractivity contribution < 1.29 is 9.53 Å². The van der Waals surface area contributed by atoms with Crippen LogP contribution in [0, 0.1) is 0 Å². The molecule has 0 saturated carbocycles. The Morgan fingerprint density at radius 3 is 3.36 bits per heavy atom. The van der Waals surface area contributed by atoms with Gasteiger partial charge in [0, 0.05) is 11.8 Å². The quantitative estimate of drug-likeness (QED) is 0.463. The molecule has 11 heavy (non-hydrogen) atoms.